The molecule has 0 N–H and O–H groups in total. The van der Waals surface area contributed by atoms with Crippen LogP contribution in [0, 0.1) is 0 Å². The first kappa shape index (κ1) is 32.9. The first-order chi connectivity index (χ1) is 29.1. The molecule has 5 heteroatoms. The van der Waals surface area contributed by atoms with Crippen LogP contribution in [0.5, 0.6) is 0 Å². The zero-order chi connectivity index (χ0) is 40.0. The van der Waals surface area contributed by atoms with E-state index in [1.807, 2.05) is 0 Å². The molecule has 0 fully saturated rings. The third-order valence-electron chi connectivity index (χ3n) is 14.3. The summed E-state index contributed by atoms with van der Waals surface area (Å²) >= 11 is 0. The average Bonchev–Trinajstić information content (AvgIpc) is 3.97. The van der Waals surface area contributed by atoms with E-state index in [2.05, 4.69) is 190 Å². The molecule has 0 unspecified atom stereocenters. The van der Waals surface area contributed by atoms with E-state index in [-0.39, 0.29) is 17.7 Å². The number of hydrogen-bond acceptors (Lipinski definition) is 3. The summed E-state index contributed by atoms with van der Waals surface area (Å²) in [5, 5.41) is 7.07. The lowest BCUT2D eigenvalue weighted by molar-refractivity contribution is 0.590. The predicted molar refractivity (Wildman–Crippen MR) is 251 cm³/mol. The van der Waals surface area contributed by atoms with Gasteiger partial charge >= 0.3 is 6.85 Å². The quantitative estimate of drug-likeness (QED) is 0.156. The summed E-state index contributed by atoms with van der Waals surface area (Å²) in [5.74, 6) is 0. The van der Waals surface area contributed by atoms with Crippen molar-refractivity contribution in [2.75, 3.05) is 4.81 Å². The Balaban J connectivity index is 1.16. The molecule has 0 atom stereocenters. The van der Waals surface area contributed by atoms with Gasteiger partial charge in [-0.15, -0.1) is 0 Å². The maximum absolute atomic E-state index is 6.66. The van der Waals surface area contributed by atoms with Crippen molar-refractivity contribution in [2.24, 2.45) is 0 Å². The fourth-order valence-electron chi connectivity index (χ4n) is 11.4. The molecule has 3 aliphatic rings. The Hall–Kier alpha value is -6.98. The fourth-order valence-corrected chi connectivity index (χ4v) is 11.4. The number of benzene rings is 8. The highest BCUT2D eigenvalue weighted by Crippen LogP contribution is 2.52. The lowest BCUT2D eigenvalue weighted by Crippen LogP contribution is -2.60. The third kappa shape index (κ3) is 3.98. The summed E-state index contributed by atoms with van der Waals surface area (Å²) in [4.78, 5) is 2.62. The number of fused-ring (bicyclic) bond motifs is 17. The van der Waals surface area contributed by atoms with Crippen molar-refractivity contribution >= 4 is 94.8 Å². The molecule has 284 valence electrons. The molecule has 11 aromatic rings. The third-order valence-corrected chi connectivity index (χ3v) is 14.3. The van der Waals surface area contributed by atoms with Gasteiger partial charge in [-0.25, -0.2) is 0 Å². The number of hydrogen-bond donors (Lipinski definition) is 0. The molecule has 0 radical (unpaired) electrons. The van der Waals surface area contributed by atoms with Gasteiger partial charge < -0.3 is 18.2 Å². The van der Waals surface area contributed by atoms with E-state index in [4.69, 9.17) is 8.83 Å². The molecule has 60 heavy (non-hydrogen) atoms. The first-order valence-corrected chi connectivity index (χ1v) is 21.2. The van der Waals surface area contributed by atoms with E-state index in [1.165, 1.54) is 77.4 Å². The summed E-state index contributed by atoms with van der Waals surface area (Å²) in [6.07, 6.45) is 0. The average molecular weight is 771 g/mol. The normalized spacial score (nSPS) is 14.8. The minimum absolute atomic E-state index is 0.0289. The van der Waals surface area contributed by atoms with Gasteiger partial charge in [0.25, 0.3) is 0 Å². The molecule has 0 saturated heterocycles. The van der Waals surface area contributed by atoms with Gasteiger partial charge in [0.15, 0.2) is 0 Å². The molecule has 5 heterocycles. The highest BCUT2D eigenvalue weighted by Gasteiger charge is 2.46. The Kier molecular flexibility index (Phi) is 5.92. The molecule has 0 saturated carbocycles. The van der Waals surface area contributed by atoms with Crippen molar-refractivity contribution in [1.29, 1.82) is 0 Å². The van der Waals surface area contributed by atoms with Crippen LogP contribution >= 0.6 is 0 Å². The van der Waals surface area contributed by atoms with Gasteiger partial charge in [0.2, 0.25) is 0 Å². The molecule has 1 aliphatic carbocycles. The van der Waals surface area contributed by atoms with Crippen LogP contribution in [0.4, 0.5) is 11.4 Å². The van der Waals surface area contributed by atoms with Crippen LogP contribution in [0.1, 0.15) is 51.3 Å². The number of rotatable bonds is 1. The van der Waals surface area contributed by atoms with Crippen molar-refractivity contribution in [1.82, 2.24) is 4.57 Å². The second-order valence-corrected chi connectivity index (χ2v) is 18.9. The van der Waals surface area contributed by atoms with E-state index in [9.17, 15) is 0 Å². The molecule has 14 rings (SSSR count). The maximum Gasteiger partial charge on any atom is 0.333 e. The van der Waals surface area contributed by atoms with Gasteiger partial charge in [-0.05, 0) is 92.2 Å². The number of aromatic nitrogens is 1. The Morgan fingerprint density at radius 2 is 1.18 bits per heavy atom. The summed E-state index contributed by atoms with van der Waals surface area (Å²) in [6, 6.07) is 54.5. The summed E-state index contributed by atoms with van der Waals surface area (Å²) in [7, 11) is 0. The van der Waals surface area contributed by atoms with E-state index in [0.29, 0.717) is 0 Å². The van der Waals surface area contributed by atoms with Gasteiger partial charge in [-0.1, -0.05) is 126 Å². The largest absolute Gasteiger partial charge is 0.456 e. The lowest BCUT2D eigenvalue weighted by Gasteiger charge is -2.42. The number of para-hydroxylation sites is 2. The van der Waals surface area contributed by atoms with Gasteiger partial charge in [-0.3, -0.25) is 0 Å². The zero-order valence-electron chi connectivity index (χ0n) is 34.1. The van der Waals surface area contributed by atoms with Crippen molar-refractivity contribution in [3.63, 3.8) is 0 Å². The van der Waals surface area contributed by atoms with Crippen LogP contribution in [-0.4, -0.2) is 11.4 Å². The van der Waals surface area contributed by atoms with Crippen LogP contribution in [0.25, 0.3) is 93.6 Å². The minimum Gasteiger partial charge on any atom is -0.456 e. The van der Waals surface area contributed by atoms with E-state index in [0.717, 1.165) is 55.3 Å². The van der Waals surface area contributed by atoms with Crippen LogP contribution in [-0.2, 0) is 10.8 Å². The molecule has 4 nitrogen and oxygen atoms in total. The standard InChI is InChI=1S/C55H39BN2O2/c1-54(2,3)30-18-20-31(21-19-30)58-46-29-51-40(33-13-7-11-17-49(33)60-51)24-38(46)35-22-23-36-39-25-41-34-14-8-10-16-48(34)59-50(41)28-45(39)57-47-27-43-37(26-44(47)56(58)52(35)53(36)57)32-12-6-9-15-42(32)55(43,4)5/h6-29H,1-5H3. The first-order valence-electron chi connectivity index (χ1n) is 21.2. The van der Waals surface area contributed by atoms with E-state index in [1.54, 1.807) is 0 Å². The summed E-state index contributed by atoms with van der Waals surface area (Å²) in [5.41, 5.74) is 21.3. The number of nitrogens with zero attached hydrogens (tertiary/aromatic N) is 2. The molecule has 3 aromatic heterocycles. The zero-order valence-corrected chi connectivity index (χ0v) is 34.1. The molecule has 8 aromatic carbocycles. The maximum atomic E-state index is 6.66. The monoisotopic (exact) mass is 770 g/mol. The van der Waals surface area contributed by atoms with Crippen molar-refractivity contribution in [3.8, 4) is 27.9 Å². The Morgan fingerprint density at radius 3 is 1.93 bits per heavy atom. The van der Waals surface area contributed by atoms with Crippen molar-refractivity contribution in [3.05, 3.63) is 162 Å². The van der Waals surface area contributed by atoms with Gasteiger partial charge in [-0.2, -0.15) is 0 Å². The molecular formula is C55H39BN2O2. The van der Waals surface area contributed by atoms with E-state index < -0.39 is 0 Å². The van der Waals surface area contributed by atoms with Crippen LogP contribution in [0.15, 0.2) is 154 Å². The SMILES string of the molecule is CC(C)(C)c1ccc(N2B3c4cc5c(cc4-n4c6cc7oc8ccccc8c7cc6c6ccc(c3c64)-c3cc4c(cc32)oc2ccccc24)C(C)(C)c2ccccc2-5)cc1. The second-order valence-electron chi connectivity index (χ2n) is 18.9. The molecule has 0 amide bonds. The molecule has 2 aliphatic heterocycles. The Labute approximate surface area is 347 Å². The lowest BCUT2D eigenvalue weighted by atomic mass is 9.43. The Bertz CT molecular complexity index is 3740. The van der Waals surface area contributed by atoms with Crippen LogP contribution in [0.2, 0.25) is 0 Å². The summed E-state index contributed by atoms with van der Waals surface area (Å²) in [6.45, 7) is 11.5. The number of anilines is 2. The van der Waals surface area contributed by atoms with Crippen molar-refractivity contribution in [2.45, 2.75) is 45.4 Å². The molecule has 0 spiro atoms. The molecule has 0 bridgehead atoms. The predicted octanol–water partition coefficient (Wildman–Crippen LogP) is 13.4. The van der Waals surface area contributed by atoms with E-state index >= 15 is 0 Å². The smallest absolute Gasteiger partial charge is 0.333 e. The second kappa shape index (κ2) is 10.8. The van der Waals surface area contributed by atoms with Crippen LogP contribution < -0.4 is 15.7 Å². The molecular weight excluding hydrogens is 731 g/mol. The minimum atomic E-state index is -0.161. The summed E-state index contributed by atoms with van der Waals surface area (Å²) < 4.78 is 15.9. The van der Waals surface area contributed by atoms with Gasteiger partial charge in [0.05, 0.1) is 11.0 Å². The van der Waals surface area contributed by atoms with Gasteiger partial charge in [0, 0.05) is 72.5 Å². The Morgan fingerprint density at radius 1 is 0.500 bits per heavy atom. The number of furan rings is 2. The highest BCUT2D eigenvalue weighted by atomic mass is 16.3. The van der Waals surface area contributed by atoms with Crippen molar-refractivity contribution < 1.29 is 8.83 Å². The fraction of sp³-hybridized carbons (Fsp3) is 0.127. The highest BCUT2D eigenvalue weighted by molar-refractivity contribution is 6.93. The topological polar surface area (TPSA) is 34.5 Å². The van der Waals surface area contributed by atoms with Gasteiger partial charge in [0.1, 0.15) is 22.3 Å². The van der Waals surface area contributed by atoms with Crippen LogP contribution in [0.3, 0.4) is 0 Å².